The summed E-state index contributed by atoms with van der Waals surface area (Å²) in [5.41, 5.74) is 2.08. The van der Waals surface area contributed by atoms with E-state index in [9.17, 15) is 13.2 Å². The maximum atomic E-state index is 12.3. The Hall–Kier alpha value is -1.41. The van der Waals surface area contributed by atoms with Gasteiger partial charge in [-0.2, -0.15) is 9.40 Å². The molecule has 0 saturated carbocycles. The van der Waals surface area contributed by atoms with E-state index < -0.39 is 16.1 Å². The number of sulfonamides is 1. The maximum absolute atomic E-state index is 12.3. The number of rotatable bonds is 6. The predicted octanol–water partition coefficient (Wildman–Crippen LogP) is 0.676. The van der Waals surface area contributed by atoms with Gasteiger partial charge >= 0.3 is 0 Å². The Labute approximate surface area is 138 Å². The standard InChI is InChI=1S/C15H26N4O3S/c1-11(10-18-13(3)8-12(2)17-18)9-16-15(20)14-6-5-7-19(14)23(4,21)22/h8,11,14H,5-7,9-10H2,1-4H3,(H,16,20)/t11-,14+/m0/s1. The topological polar surface area (TPSA) is 84.3 Å². The summed E-state index contributed by atoms with van der Waals surface area (Å²) in [5, 5.41) is 7.30. The minimum absolute atomic E-state index is 0.201. The van der Waals surface area contributed by atoms with Gasteiger partial charge in [-0.3, -0.25) is 9.48 Å². The van der Waals surface area contributed by atoms with E-state index in [0.717, 1.165) is 30.6 Å². The first-order valence-corrected chi connectivity index (χ1v) is 9.79. The number of nitrogens with zero attached hydrogens (tertiary/aromatic N) is 3. The average Bonchev–Trinajstić information content (AvgIpc) is 3.03. The molecule has 0 aromatic carbocycles. The van der Waals surface area contributed by atoms with E-state index in [1.165, 1.54) is 4.31 Å². The van der Waals surface area contributed by atoms with Gasteiger partial charge in [0.15, 0.2) is 0 Å². The van der Waals surface area contributed by atoms with E-state index in [1.54, 1.807) is 0 Å². The Kier molecular flexibility index (Phi) is 5.46. The minimum Gasteiger partial charge on any atom is -0.354 e. The van der Waals surface area contributed by atoms with Crippen molar-refractivity contribution >= 4 is 15.9 Å². The van der Waals surface area contributed by atoms with Crippen molar-refractivity contribution in [3.63, 3.8) is 0 Å². The molecular formula is C15H26N4O3S. The lowest BCUT2D eigenvalue weighted by molar-refractivity contribution is -0.124. The van der Waals surface area contributed by atoms with Crippen LogP contribution in [0.15, 0.2) is 6.07 Å². The number of carbonyl (C=O) groups is 1. The van der Waals surface area contributed by atoms with Crippen LogP contribution in [-0.4, -0.2) is 53.8 Å². The van der Waals surface area contributed by atoms with Crippen LogP contribution in [0.1, 0.15) is 31.2 Å². The Balaban J connectivity index is 1.87. The van der Waals surface area contributed by atoms with Gasteiger partial charge in [0.2, 0.25) is 15.9 Å². The summed E-state index contributed by atoms with van der Waals surface area (Å²) in [6.45, 7) is 7.66. The highest BCUT2D eigenvalue weighted by Gasteiger charge is 2.36. The second-order valence-corrected chi connectivity index (χ2v) is 8.43. The molecule has 23 heavy (non-hydrogen) atoms. The van der Waals surface area contributed by atoms with Crippen LogP contribution >= 0.6 is 0 Å². The normalized spacial score (nSPS) is 20.6. The number of hydrogen-bond donors (Lipinski definition) is 1. The molecule has 0 bridgehead atoms. The molecule has 8 heteroatoms. The van der Waals surface area contributed by atoms with E-state index in [-0.39, 0.29) is 11.8 Å². The lowest BCUT2D eigenvalue weighted by Crippen LogP contribution is -2.46. The Morgan fingerprint density at radius 2 is 2.17 bits per heavy atom. The van der Waals surface area contributed by atoms with E-state index in [4.69, 9.17) is 0 Å². The molecule has 7 nitrogen and oxygen atoms in total. The van der Waals surface area contributed by atoms with Crippen LogP contribution < -0.4 is 5.32 Å². The molecule has 1 aliphatic rings. The second-order valence-electron chi connectivity index (χ2n) is 6.49. The lowest BCUT2D eigenvalue weighted by Gasteiger charge is -2.22. The molecule has 1 aromatic rings. The van der Waals surface area contributed by atoms with Crippen molar-refractivity contribution in [3.05, 3.63) is 17.5 Å². The number of aromatic nitrogens is 2. The number of carbonyl (C=O) groups excluding carboxylic acids is 1. The first kappa shape index (κ1) is 17.9. The van der Waals surface area contributed by atoms with Crippen LogP contribution in [0.3, 0.4) is 0 Å². The molecule has 1 amide bonds. The number of nitrogens with one attached hydrogen (secondary N) is 1. The molecule has 0 unspecified atom stereocenters. The van der Waals surface area contributed by atoms with Gasteiger partial charge < -0.3 is 5.32 Å². The fourth-order valence-corrected chi connectivity index (χ4v) is 4.14. The summed E-state index contributed by atoms with van der Waals surface area (Å²) in [5.74, 6) is 0.0122. The highest BCUT2D eigenvalue weighted by molar-refractivity contribution is 7.88. The average molecular weight is 342 g/mol. The molecule has 0 radical (unpaired) electrons. The van der Waals surface area contributed by atoms with Crippen molar-refractivity contribution in [2.45, 2.75) is 46.2 Å². The fraction of sp³-hybridized carbons (Fsp3) is 0.733. The molecule has 130 valence electrons. The molecular weight excluding hydrogens is 316 g/mol. The largest absolute Gasteiger partial charge is 0.354 e. The Morgan fingerprint density at radius 1 is 1.48 bits per heavy atom. The van der Waals surface area contributed by atoms with Crippen LogP contribution in [-0.2, 0) is 21.4 Å². The van der Waals surface area contributed by atoms with Crippen LogP contribution in [0, 0.1) is 19.8 Å². The van der Waals surface area contributed by atoms with Gasteiger partial charge in [-0.25, -0.2) is 8.42 Å². The zero-order valence-electron chi connectivity index (χ0n) is 14.2. The molecule has 1 fully saturated rings. The Morgan fingerprint density at radius 3 is 2.74 bits per heavy atom. The highest BCUT2D eigenvalue weighted by Crippen LogP contribution is 2.20. The number of aryl methyl sites for hydroxylation is 2. The third kappa shape index (κ3) is 4.54. The summed E-state index contributed by atoms with van der Waals surface area (Å²) in [6, 6.07) is 1.46. The molecule has 1 aliphatic heterocycles. The van der Waals surface area contributed by atoms with Gasteiger partial charge in [-0.1, -0.05) is 6.92 Å². The van der Waals surface area contributed by atoms with E-state index in [0.29, 0.717) is 19.5 Å². The molecule has 1 N–H and O–H groups in total. The summed E-state index contributed by atoms with van der Waals surface area (Å²) in [6.07, 6.45) is 2.47. The molecule has 0 aliphatic carbocycles. The SMILES string of the molecule is Cc1cc(C)n(C[C@@H](C)CNC(=O)[C@H]2CCCN2S(C)(=O)=O)n1. The van der Waals surface area contributed by atoms with Crippen LogP contribution in [0.4, 0.5) is 0 Å². The molecule has 1 saturated heterocycles. The molecule has 0 spiro atoms. The maximum Gasteiger partial charge on any atom is 0.238 e. The van der Waals surface area contributed by atoms with Crippen molar-refractivity contribution in [1.29, 1.82) is 0 Å². The highest BCUT2D eigenvalue weighted by atomic mass is 32.2. The van der Waals surface area contributed by atoms with Gasteiger partial charge in [-0.15, -0.1) is 0 Å². The first-order chi connectivity index (χ1) is 10.7. The summed E-state index contributed by atoms with van der Waals surface area (Å²) in [7, 11) is -3.33. The van der Waals surface area contributed by atoms with E-state index in [1.807, 2.05) is 31.5 Å². The zero-order valence-corrected chi connectivity index (χ0v) is 15.1. The fourth-order valence-electron chi connectivity index (χ4n) is 3.01. The van der Waals surface area contributed by atoms with E-state index >= 15 is 0 Å². The first-order valence-electron chi connectivity index (χ1n) is 7.94. The van der Waals surface area contributed by atoms with Crippen molar-refractivity contribution in [3.8, 4) is 0 Å². The van der Waals surface area contributed by atoms with Crippen molar-refractivity contribution in [2.24, 2.45) is 5.92 Å². The van der Waals surface area contributed by atoms with Gasteiger partial charge in [0.25, 0.3) is 0 Å². The van der Waals surface area contributed by atoms with Crippen LogP contribution in [0.25, 0.3) is 0 Å². The van der Waals surface area contributed by atoms with Crippen molar-refractivity contribution in [1.82, 2.24) is 19.4 Å². The monoisotopic (exact) mass is 342 g/mol. The van der Waals surface area contributed by atoms with Crippen LogP contribution in [0.5, 0.6) is 0 Å². The number of amides is 1. The van der Waals surface area contributed by atoms with Gasteiger partial charge in [0, 0.05) is 25.3 Å². The Bertz CT molecular complexity index is 668. The van der Waals surface area contributed by atoms with E-state index in [2.05, 4.69) is 10.4 Å². The lowest BCUT2D eigenvalue weighted by atomic mass is 10.1. The van der Waals surface area contributed by atoms with Gasteiger partial charge in [-0.05, 0) is 38.7 Å². The van der Waals surface area contributed by atoms with Crippen molar-refractivity contribution in [2.75, 3.05) is 19.3 Å². The van der Waals surface area contributed by atoms with Crippen molar-refractivity contribution < 1.29 is 13.2 Å². The molecule has 2 atom stereocenters. The molecule has 2 heterocycles. The molecule has 1 aromatic heterocycles. The predicted molar refractivity (Wildman–Crippen MR) is 88.4 cm³/mol. The number of hydrogen-bond acceptors (Lipinski definition) is 4. The summed E-state index contributed by atoms with van der Waals surface area (Å²) in [4.78, 5) is 12.3. The second kappa shape index (κ2) is 7.00. The molecule has 2 rings (SSSR count). The third-order valence-corrected chi connectivity index (χ3v) is 5.43. The minimum atomic E-state index is -3.33. The third-order valence-electron chi connectivity index (χ3n) is 4.15. The quantitative estimate of drug-likeness (QED) is 0.824. The zero-order chi connectivity index (χ0) is 17.2. The van der Waals surface area contributed by atoms with Gasteiger partial charge in [0.1, 0.15) is 6.04 Å². The van der Waals surface area contributed by atoms with Gasteiger partial charge in [0.05, 0.1) is 11.9 Å². The van der Waals surface area contributed by atoms with Crippen LogP contribution in [0.2, 0.25) is 0 Å². The summed E-state index contributed by atoms with van der Waals surface area (Å²) >= 11 is 0. The summed E-state index contributed by atoms with van der Waals surface area (Å²) < 4.78 is 26.6. The smallest absolute Gasteiger partial charge is 0.238 e.